The lowest BCUT2D eigenvalue weighted by molar-refractivity contribution is -0.904. The van der Waals surface area contributed by atoms with Crippen molar-refractivity contribution in [3.8, 4) is 0 Å². The maximum absolute atomic E-state index is 9.14. The first-order valence-corrected chi connectivity index (χ1v) is 3.94. The molecule has 2 rings (SSSR count). The van der Waals surface area contributed by atoms with Crippen LogP contribution in [-0.4, -0.2) is 5.21 Å². The van der Waals surface area contributed by atoms with Crippen molar-refractivity contribution >= 4 is 12.2 Å². The van der Waals surface area contributed by atoms with E-state index in [2.05, 4.69) is 18.2 Å². The minimum atomic E-state index is 0.958. The van der Waals surface area contributed by atoms with Crippen LogP contribution in [0.4, 0.5) is 0 Å². The largest absolute Gasteiger partial charge is 0.285 e. The van der Waals surface area contributed by atoms with Gasteiger partial charge in [0.2, 0.25) is 12.4 Å². The average molecular weight is 160 g/mol. The maximum atomic E-state index is 9.14. The standard InChI is InChI=1S/C10H10NO/c12-11-7-6-9-4-2-1-3-5-10(9)8-11/h2-8,12H,1H2/q+1. The number of fused-ring (bicyclic) bond motifs is 1. The highest BCUT2D eigenvalue weighted by atomic mass is 16.5. The van der Waals surface area contributed by atoms with Gasteiger partial charge < -0.3 is 0 Å². The second-order valence-electron chi connectivity index (χ2n) is 2.78. The van der Waals surface area contributed by atoms with Crippen molar-refractivity contribution in [2.45, 2.75) is 6.42 Å². The summed E-state index contributed by atoms with van der Waals surface area (Å²) in [6.45, 7) is 0. The van der Waals surface area contributed by atoms with E-state index in [-0.39, 0.29) is 0 Å². The molecule has 1 heterocycles. The summed E-state index contributed by atoms with van der Waals surface area (Å²) >= 11 is 0. The first-order valence-electron chi connectivity index (χ1n) is 3.94. The minimum Gasteiger partial charge on any atom is -0.285 e. The Morgan fingerprint density at radius 3 is 2.75 bits per heavy atom. The third-order valence-electron chi connectivity index (χ3n) is 1.88. The van der Waals surface area contributed by atoms with Crippen LogP contribution in [0.15, 0.2) is 30.6 Å². The van der Waals surface area contributed by atoms with Crippen molar-refractivity contribution in [2.24, 2.45) is 0 Å². The van der Waals surface area contributed by atoms with Crippen molar-refractivity contribution in [2.75, 3.05) is 0 Å². The SMILES string of the molecule is O[n+]1ccc2c(c1)C=CCC=C2. The first kappa shape index (κ1) is 7.10. The van der Waals surface area contributed by atoms with Crippen LogP contribution in [0.25, 0.3) is 12.2 Å². The Balaban J connectivity index is 2.58. The highest BCUT2D eigenvalue weighted by molar-refractivity contribution is 5.65. The summed E-state index contributed by atoms with van der Waals surface area (Å²) in [5, 5.41) is 9.14. The topological polar surface area (TPSA) is 24.1 Å². The van der Waals surface area contributed by atoms with Crippen LogP contribution in [0.2, 0.25) is 0 Å². The number of hydrogen-bond donors (Lipinski definition) is 1. The third-order valence-corrected chi connectivity index (χ3v) is 1.88. The van der Waals surface area contributed by atoms with Crippen LogP contribution in [-0.2, 0) is 0 Å². The molecule has 0 fully saturated rings. The fourth-order valence-electron chi connectivity index (χ4n) is 1.27. The van der Waals surface area contributed by atoms with Crippen molar-refractivity contribution in [1.82, 2.24) is 0 Å². The van der Waals surface area contributed by atoms with Crippen LogP contribution >= 0.6 is 0 Å². The summed E-state index contributed by atoms with van der Waals surface area (Å²) < 4.78 is 1.07. The number of nitrogens with zero attached hydrogens (tertiary/aromatic N) is 1. The molecule has 1 aromatic rings. The zero-order valence-corrected chi connectivity index (χ0v) is 6.64. The summed E-state index contributed by atoms with van der Waals surface area (Å²) in [6.07, 6.45) is 12.5. The molecule has 2 nitrogen and oxygen atoms in total. The minimum absolute atomic E-state index is 0.958. The van der Waals surface area contributed by atoms with Gasteiger partial charge in [0.15, 0.2) is 0 Å². The molecule has 1 aliphatic carbocycles. The number of allylic oxidation sites excluding steroid dienone is 2. The summed E-state index contributed by atoms with van der Waals surface area (Å²) in [6, 6.07) is 1.89. The van der Waals surface area contributed by atoms with Gasteiger partial charge in [0.05, 0.1) is 5.56 Å². The van der Waals surface area contributed by atoms with Gasteiger partial charge >= 0.3 is 0 Å². The monoisotopic (exact) mass is 160 g/mol. The van der Waals surface area contributed by atoms with Crippen molar-refractivity contribution in [1.29, 1.82) is 0 Å². The van der Waals surface area contributed by atoms with Crippen molar-refractivity contribution in [3.05, 3.63) is 41.7 Å². The molecule has 0 saturated carbocycles. The van der Waals surface area contributed by atoms with E-state index in [1.165, 1.54) is 0 Å². The molecule has 60 valence electrons. The zero-order valence-electron chi connectivity index (χ0n) is 6.64. The molecule has 0 aromatic carbocycles. The van der Waals surface area contributed by atoms with Gasteiger partial charge in [-0.1, -0.05) is 24.3 Å². The van der Waals surface area contributed by atoms with E-state index >= 15 is 0 Å². The van der Waals surface area contributed by atoms with E-state index in [0.717, 1.165) is 22.3 Å². The molecular weight excluding hydrogens is 150 g/mol. The summed E-state index contributed by atoms with van der Waals surface area (Å²) in [5.74, 6) is 0. The van der Waals surface area contributed by atoms with Gasteiger partial charge in [-0.05, 0) is 12.0 Å². The van der Waals surface area contributed by atoms with Crippen LogP contribution in [0.3, 0.4) is 0 Å². The van der Waals surface area contributed by atoms with E-state index < -0.39 is 0 Å². The van der Waals surface area contributed by atoms with Gasteiger partial charge in [-0.15, -0.1) is 0 Å². The molecule has 1 aromatic heterocycles. The van der Waals surface area contributed by atoms with Gasteiger partial charge in [0, 0.05) is 10.8 Å². The third kappa shape index (κ3) is 1.23. The normalized spacial score (nSPS) is 14.0. The van der Waals surface area contributed by atoms with Gasteiger partial charge in [-0.2, -0.15) is 0 Å². The molecule has 0 bridgehead atoms. The Hall–Kier alpha value is -1.57. The van der Waals surface area contributed by atoms with Crippen LogP contribution in [0, 0.1) is 0 Å². The first-order chi connectivity index (χ1) is 5.86. The van der Waals surface area contributed by atoms with E-state index in [9.17, 15) is 0 Å². The number of rotatable bonds is 0. The molecule has 0 spiro atoms. The Morgan fingerprint density at radius 2 is 1.92 bits per heavy atom. The van der Waals surface area contributed by atoms with Gasteiger partial charge in [-0.25, -0.2) is 0 Å². The van der Waals surface area contributed by atoms with Crippen molar-refractivity contribution < 1.29 is 9.94 Å². The molecule has 0 atom stereocenters. The Bertz CT molecular complexity index is 353. The summed E-state index contributed by atoms with van der Waals surface area (Å²) in [5.41, 5.74) is 2.20. The fourth-order valence-corrected chi connectivity index (χ4v) is 1.27. The smallest absolute Gasteiger partial charge is 0.230 e. The molecule has 0 unspecified atom stereocenters. The highest BCUT2D eigenvalue weighted by Crippen LogP contribution is 2.14. The second-order valence-corrected chi connectivity index (χ2v) is 2.78. The Kier molecular flexibility index (Phi) is 1.67. The number of hydrogen-bond acceptors (Lipinski definition) is 1. The quantitative estimate of drug-likeness (QED) is 0.452. The molecule has 0 radical (unpaired) electrons. The number of aromatic nitrogens is 1. The lowest BCUT2D eigenvalue weighted by Gasteiger charge is -1.93. The highest BCUT2D eigenvalue weighted by Gasteiger charge is 2.04. The second kappa shape index (κ2) is 2.81. The van der Waals surface area contributed by atoms with Gasteiger partial charge in [0.25, 0.3) is 0 Å². The molecule has 0 saturated heterocycles. The Morgan fingerprint density at radius 1 is 1.17 bits per heavy atom. The average Bonchev–Trinajstić information content (AvgIpc) is 2.28. The van der Waals surface area contributed by atoms with E-state index in [1.807, 2.05) is 12.1 Å². The molecule has 0 aliphatic heterocycles. The van der Waals surface area contributed by atoms with E-state index in [0.29, 0.717) is 0 Å². The van der Waals surface area contributed by atoms with E-state index in [1.54, 1.807) is 12.4 Å². The number of pyridine rings is 1. The predicted octanol–water partition coefficient (Wildman–Crippen LogP) is 1.64. The Labute approximate surface area is 71.0 Å². The van der Waals surface area contributed by atoms with Gasteiger partial charge in [0.1, 0.15) is 0 Å². The molecule has 1 aliphatic rings. The molecule has 1 N–H and O–H groups in total. The maximum Gasteiger partial charge on any atom is 0.230 e. The summed E-state index contributed by atoms with van der Waals surface area (Å²) in [4.78, 5) is 0. The predicted molar refractivity (Wildman–Crippen MR) is 46.5 cm³/mol. The van der Waals surface area contributed by atoms with E-state index in [4.69, 9.17) is 5.21 Å². The van der Waals surface area contributed by atoms with Gasteiger partial charge in [-0.3, -0.25) is 5.21 Å². The molecule has 12 heavy (non-hydrogen) atoms. The zero-order chi connectivity index (χ0) is 8.39. The fraction of sp³-hybridized carbons (Fsp3) is 0.100. The lowest BCUT2D eigenvalue weighted by atomic mass is 10.1. The molecular formula is C10H10NO+. The van der Waals surface area contributed by atoms with Crippen LogP contribution < -0.4 is 4.73 Å². The van der Waals surface area contributed by atoms with Crippen LogP contribution in [0.5, 0.6) is 0 Å². The molecule has 2 heteroatoms. The summed E-state index contributed by atoms with van der Waals surface area (Å²) in [7, 11) is 0. The molecule has 0 amide bonds. The lowest BCUT2D eigenvalue weighted by Crippen LogP contribution is -2.28. The van der Waals surface area contributed by atoms with Crippen LogP contribution in [0.1, 0.15) is 17.5 Å². The van der Waals surface area contributed by atoms with Crippen molar-refractivity contribution in [3.63, 3.8) is 0 Å².